The van der Waals surface area contributed by atoms with Gasteiger partial charge in [0.1, 0.15) is 12.6 Å². The van der Waals surface area contributed by atoms with E-state index in [1.165, 1.54) is 4.90 Å². The maximum absolute atomic E-state index is 14.1. The summed E-state index contributed by atoms with van der Waals surface area (Å²) < 4.78 is 29.1. The van der Waals surface area contributed by atoms with Crippen LogP contribution in [0.2, 0.25) is 0 Å². The van der Waals surface area contributed by atoms with Gasteiger partial charge < -0.3 is 10.2 Å². The van der Waals surface area contributed by atoms with Gasteiger partial charge in [-0.25, -0.2) is 8.42 Å². The molecule has 1 unspecified atom stereocenters. The summed E-state index contributed by atoms with van der Waals surface area (Å²) in [5.41, 5.74) is 5.20. The average Bonchev–Trinajstić information content (AvgIpc) is 2.93. The topological polar surface area (TPSA) is 86.8 Å². The van der Waals surface area contributed by atoms with Gasteiger partial charge in [-0.2, -0.15) is 0 Å². The summed E-state index contributed by atoms with van der Waals surface area (Å²) in [5, 5.41) is 2.91. The van der Waals surface area contributed by atoms with E-state index in [0.717, 1.165) is 38.5 Å². The number of nitrogens with zero attached hydrogens (tertiary/aromatic N) is 2. The Bertz CT molecular complexity index is 1420. The highest BCUT2D eigenvalue weighted by atomic mass is 32.2. The third-order valence-electron chi connectivity index (χ3n) is 7.07. The van der Waals surface area contributed by atoms with Gasteiger partial charge in [0.05, 0.1) is 10.6 Å². The van der Waals surface area contributed by atoms with Crippen LogP contribution < -0.4 is 9.62 Å². The van der Waals surface area contributed by atoms with Crippen molar-refractivity contribution in [3.63, 3.8) is 0 Å². The number of carbonyl (C=O) groups excluding carboxylic acids is 2. The molecule has 0 bridgehead atoms. The molecule has 3 aromatic rings. The van der Waals surface area contributed by atoms with E-state index in [1.807, 2.05) is 71.9 Å². The lowest BCUT2D eigenvalue weighted by atomic mass is 10.1. The molecule has 0 heterocycles. The lowest BCUT2D eigenvalue weighted by Crippen LogP contribution is -2.52. The maximum atomic E-state index is 14.1. The summed E-state index contributed by atoms with van der Waals surface area (Å²) in [6, 6.07) is 19.0. The summed E-state index contributed by atoms with van der Waals surface area (Å²) in [7, 11) is -4.09. The molecule has 8 heteroatoms. The Morgan fingerprint density at radius 1 is 0.825 bits per heavy atom. The second kappa shape index (κ2) is 13.6. The number of amides is 2. The predicted molar refractivity (Wildman–Crippen MR) is 161 cm³/mol. The van der Waals surface area contributed by atoms with Gasteiger partial charge in [-0.3, -0.25) is 13.9 Å². The van der Waals surface area contributed by atoms with Crippen LogP contribution in [0.1, 0.15) is 54.5 Å². The van der Waals surface area contributed by atoms with Crippen LogP contribution >= 0.6 is 0 Å². The van der Waals surface area contributed by atoms with Crippen molar-refractivity contribution in [3.05, 3.63) is 94.5 Å². The van der Waals surface area contributed by atoms with E-state index in [9.17, 15) is 18.0 Å². The fraction of sp³-hybridized carbons (Fsp3) is 0.375. The van der Waals surface area contributed by atoms with Crippen LogP contribution in [-0.4, -0.2) is 44.3 Å². The number of hydrogen-bond donors (Lipinski definition) is 1. The highest BCUT2D eigenvalue weighted by Gasteiger charge is 2.33. The number of nitrogens with one attached hydrogen (secondary N) is 1. The van der Waals surface area contributed by atoms with Crippen LogP contribution in [0, 0.1) is 27.7 Å². The van der Waals surface area contributed by atoms with Crippen molar-refractivity contribution in [2.75, 3.05) is 17.4 Å². The third-order valence-corrected chi connectivity index (χ3v) is 8.86. The van der Waals surface area contributed by atoms with Crippen LogP contribution in [0.3, 0.4) is 0 Å². The van der Waals surface area contributed by atoms with Gasteiger partial charge in [-0.05, 0) is 81.5 Å². The zero-order valence-electron chi connectivity index (χ0n) is 24.4. The van der Waals surface area contributed by atoms with Gasteiger partial charge in [0, 0.05) is 13.1 Å². The summed E-state index contributed by atoms with van der Waals surface area (Å²) >= 11 is 0. The standard InChI is InChI=1S/C32H41N3O4S/c1-7-19-33-32(37)30(8-2)34(21-27-14-9-23(3)10-15-27)31(36)22-35(28-16-13-25(5)26(6)20-28)40(38,39)29-17-11-24(4)12-18-29/h9-18,20,30H,7-8,19,21-22H2,1-6H3,(H,33,37). The van der Waals surface area contributed by atoms with Crippen LogP contribution in [0.15, 0.2) is 71.6 Å². The summed E-state index contributed by atoms with van der Waals surface area (Å²) in [4.78, 5) is 28.9. The van der Waals surface area contributed by atoms with Crippen LogP contribution in [-0.2, 0) is 26.2 Å². The van der Waals surface area contributed by atoms with E-state index in [0.29, 0.717) is 18.7 Å². The van der Waals surface area contributed by atoms with Gasteiger partial charge in [-0.1, -0.05) is 67.4 Å². The highest BCUT2D eigenvalue weighted by Crippen LogP contribution is 2.27. The molecule has 2 amide bonds. The van der Waals surface area contributed by atoms with E-state index in [2.05, 4.69) is 5.32 Å². The molecule has 0 fully saturated rings. The first-order valence-corrected chi connectivity index (χ1v) is 15.2. The normalized spacial score (nSPS) is 12.1. The molecule has 3 aromatic carbocycles. The number of benzene rings is 3. The molecule has 3 rings (SSSR count). The van der Waals surface area contributed by atoms with E-state index in [4.69, 9.17) is 0 Å². The molecule has 0 aliphatic rings. The molecule has 0 aliphatic heterocycles. The minimum Gasteiger partial charge on any atom is -0.354 e. The highest BCUT2D eigenvalue weighted by molar-refractivity contribution is 7.92. The first-order valence-electron chi connectivity index (χ1n) is 13.8. The second-order valence-electron chi connectivity index (χ2n) is 10.3. The molecular weight excluding hydrogens is 522 g/mol. The maximum Gasteiger partial charge on any atom is 0.264 e. The Morgan fingerprint density at radius 3 is 1.98 bits per heavy atom. The Morgan fingerprint density at radius 2 is 1.43 bits per heavy atom. The molecule has 0 spiro atoms. The Hall–Kier alpha value is -3.65. The fourth-order valence-corrected chi connectivity index (χ4v) is 5.83. The number of hydrogen-bond acceptors (Lipinski definition) is 4. The molecule has 40 heavy (non-hydrogen) atoms. The van der Waals surface area contributed by atoms with Crippen molar-refractivity contribution in [2.45, 2.75) is 71.9 Å². The fourth-order valence-electron chi connectivity index (χ4n) is 4.42. The number of rotatable bonds is 12. The first-order chi connectivity index (χ1) is 19.0. The van der Waals surface area contributed by atoms with E-state index < -0.39 is 28.5 Å². The van der Waals surface area contributed by atoms with Crippen molar-refractivity contribution in [3.8, 4) is 0 Å². The van der Waals surface area contributed by atoms with Gasteiger partial charge in [0.25, 0.3) is 10.0 Å². The van der Waals surface area contributed by atoms with E-state index >= 15 is 0 Å². The zero-order valence-corrected chi connectivity index (χ0v) is 25.2. The van der Waals surface area contributed by atoms with Crippen molar-refractivity contribution in [2.24, 2.45) is 0 Å². The van der Waals surface area contributed by atoms with Gasteiger partial charge >= 0.3 is 0 Å². The lowest BCUT2D eigenvalue weighted by Gasteiger charge is -2.33. The molecule has 0 aromatic heterocycles. The smallest absolute Gasteiger partial charge is 0.264 e. The Kier molecular flexibility index (Phi) is 10.5. The van der Waals surface area contributed by atoms with Crippen molar-refractivity contribution in [1.82, 2.24) is 10.2 Å². The van der Waals surface area contributed by atoms with Crippen LogP contribution in [0.5, 0.6) is 0 Å². The number of sulfonamides is 1. The van der Waals surface area contributed by atoms with Gasteiger partial charge in [0.2, 0.25) is 11.8 Å². The Labute approximate surface area is 239 Å². The lowest BCUT2D eigenvalue weighted by molar-refractivity contribution is -0.140. The molecular formula is C32H41N3O4S. The number of aryl methyl sites for hydroxylation is 4. The first kappa shape index (κ1) is 30.9. The molecule has 0 radical (unpaired) electrons. The number of anilines is 1. The van der Waals surface area contributed by atoms with E-state index in [-0.39, 0.29) is 17.3 Å². The predicted octanol–water partition coefficient (Wildman–Crippen LogP) is 5.45. The van der Waals surface area contributed by atoms with Gasteiger partial charge in [-0.15, -0.1) is 0 Å². The summed E-state index contributed by atoms with van der Waals surface area (Å²) in [6.07, 6.45) is 1.16. The average molecular weight is 564 g/mol. The van der Waals surface area contributed by atoms with Crippen molar-refractivity contribution in [1.29, 1.82) is 0 Å². The van der Waals surface area contributed by atoms with Crippen LogP contribution in [0.25, 0.3) is 0 Å². The minimum atomic E-state index is -4.09. The minimum absolute atomic E-state index is 0.0990. The molecule has 0 saturated heterocycles. The SMILES string of the molecule is CCCNC(=O)C(CC)N(Cc1ccc(C)cc1)C(=O)CN(c1ccc(C)c(C)c1)S(=O)(=O)c1ccc(C)cc1. The molecule has 214 valence electrons. The molecule has 7 nitrogen and oxygen atoms in total. The van der Waals surface area contributed by atoms with Gasteiger partial charge in [0.15, 0.2) is 0 Å². The Balaban J connectivity index is 2.07. The van der Waals surface area contributed by atoms with Crippen molar-refractivity contribution < 1.29 is 18.0 Å². The summed E-state index contributed by atoms with van der Waals surface area (Å²) in [6.45, 7) is 11.8. The van der Waals surface area contributed by atoms with Crippen LogP contribution in [0.4, 0.5) is 5.69 Å². The number of carbonyl (C=O) groups is 2. The monoisotopic (exact) mass is 563 g/mol. The molecule has 0 aliphatic carbocycles. The third kappa shape index (κ3) is 7.50. The summed E-state index contributed by atoms with van der Waals surface area (Å²) in [5.74, 6) is -0.697. The van der Waals surface area contributed by atoms with E-state index in [1.54, 1.807) is 36.4 Å². The molecule has 0 saturated carbocycles. The second-order valence-corrected chi connectivity index (χ2v) is 12.2. The van der Waals surface area contributed by atoms with Crippen molar-refractivity contribution >= 4 is 27.5 Å². The molecule has 1 N–H and O–H groups in total. The zero-order chi connectivity index (χ0) is 29.4. The molecule has 1 atom stereocenters. The quantitative estimate of drug-likeness (QED) is 0.318. The largest absolute Gasteiger partial charge is 0.354 e.